The number of nitrogens with one attached hydrogen (secondary N) is 1. The molecule has 19 heavy (non-hydrogen) atoms. The minimum atomic E-state index is -1.13. The smallest absolute Gasteiger partial charge is 0.322 e. The van der Waals surface area contributed by atoms with Gasteiger partial charge in [0.1, 0.15) is 5.75 Å². The van der Waals surface area contributed by atoms with E-state index in [0.29, 0.717) is 15.1 Å². The van der Waals surface area contributed by atoms with Gasteiger partial charge in [-0.2, -0.15) is 0 Å². The van der Waals surface area contributed by atoms with Gasteiger partial charge >= 0.3 is 4.34 Å². The lowest BCUT2D eigenvalue weighted by Gasteiger charge is -2.08. The van der Waals surface area contributed by atoms with E-state index in [4.69, 9.17) is 0 Å². The third-order valence-corrected chi connectivity index (χ3v) is 5.37. The molecule has 2 atom stereocenters. The Morgan fingerprint density at radius 2 is 2.16 bits per heavy atom. The Balaban J connectivity index is 2.53. The van der Waals surface area contributed by atoms with Crippen molar-refractivity contribution in [2.45, 2.75) is 56.8 Å². The van der Waals surface area contributed by atoms with E-state index < -0.39 is 11.2 Å². The van der Waals surface area contributed by atoms with Crippen molar-refractivity contribution < 1.29 is 9.35 Å². The molecular weight excluding hydrogens is 282 g/mol. The predicted molar refractivity (Wildman–Crippen MR) is 77.9 cm³/mol. The molecule has 0 aromatic carbocycles. The summed E-state index contributed by atoms with van der Waals surface area (Å²) in [6.07, 6.45) is 3.93. The summed E-state index contributed by atoms with van der Waals surface area (Å²) in [6.45, 7) is 6.03. The molecular formula is C12H21N3O2S2. The molecule has 2 unspecified atom stereocenters. The monoisotopic (exact) mass is 303 g/mol. The van der Waals surface area contributed by atoms with Crippen molar-refractivity contribution in [3.63, 3.8) is 0 Å². The van der Waals surface area contributed by atoms with Gasteiger partial charge in [0.25, 0.3) is 5.91 Å². The first-order chi connectivity index (χ1) is 9.08. The molecule has 0 saturated carbocycles. The minimum Gasteiger partial charge on any atom is -0.610 e. The maximum atomic E-state index is 11.9. The molecule has 1 aromatic rings. The molecule has 1 amide bonds. The van der Waals surface area contributed by atoms with Gasteiger partial charge in [0, 0.05) is 17.2 Å². The standard InChI is InChI=1S/C12H21N3O2S2/c1-4-6-7-8-19(17)12-15-14-11(18-12)10(16)13-9(3)5-2/h9H,4-8H2,1-3H3,(H,13,16). The third-order valence-electron chi connectivity index (χ3n) is 2.72. The summed E-state index contributed by atoms with van der Waals surface area (Å²) in [5, 5.41) is 10.8. The molecule has 1 heterocycles. The van der Waals surface area contributed by atoms with Crippen LogP contribution in [0.1, 0.15) is 56.3 Å². The summed E-state index contributed by atoms with van der Waals surface area (Å²) >= 11 is -0.00499. The predicted octanol–water partition coefficient (Wildman–Crippen LogP) is 2.36. The van der Waals surface area contributed by atoms with Crippen LogP contribution in [0.15, 0.2) is 4.34 Å². The summed E-state index contributed by atoms with van der Waals surface area (Å²) in [4.78, 5) is 11.8. The minimum absolute atomic E-state index is 0.106. The molecule has 0 aliphatic rings. The van der Waals surface area contributed by atoms with Gasteiger partial charge in [-0.25, -0.2) is 0 Å². The van der Waals surface area contributed by atoms with Crippen molar-refractivity contribution in [3.05, 3.63) is 5.01 Å². The van der Waals surface area contributed by atoms with E-state index in [1.54, 1.807) is 0 Å². The van der Waals surface area contributed by atoms with E-state index in [2.05, 4.69) is 22.4 Å². The van der Waals surface area contributed by atoms with Crippen LogP contribution >= 0.6 is 11.3 Å². The molecule has 7 heteroatoms. The van der Waals surface area contributed by atoms with E-state index >= 15 is 0 Å². The van der Waals surface area contributed by atoms with E-state index in [0.717, 1.165) is 37.0 Å². The Labute approximate surface area is 121 Å². The van der Waals surface area contributed by atoms with Gasteiger partial charge in [0.05, 0.1) is 0 Å². The Bertz CT molecular complexity index is 398. The van der Waals surface area contributed by atoms with E-state index in [-0.39, 0.29) is 11.9 Å². The van der Waals surface area contributed by atoms with Crippen LogP contribution in [0.4, 0.5) is 0 Å². The molecule has 0 aliphatic heterocycles. The second-order valence-corrected chi connectivity index (χ2v) is 7.13. The van der Waals surface area contributed by atoms with Crippen molar-refractivity contribution in [2.75, 3.05) is 5.75 Å². The molecule has 1 aromatic heterocycles. The summed E-state index contributed by atoms with van der Waals surface area (Å²) in [7, 11) is 0. The molecule has 0 bridgehead atoms. The number of carbonyl (C=O) groups excluding carboxylic acids is 1. The van der Waals surface area contributed by atoms with Crippen molar-refractivity contribution in [2.24, 2.45) is 0 Å². The average molecular weight is 303 g/mol. The van der Waals surface area contributed by atoms with Gasteiger partial charge in [-0.1, -0.05) is 25.4 Å². The van der Waals surface area contributed by atoms with Gasteiger partial charge in [-0.15, -0.1) is 5.10 Å². The van der Waals surface area contributed by atoms with Crippen LogP contribution in [0.2, 0.25) is 0 Å². The molecule has 1 rings (SSSR count). The topological polar surface area (TPSA) is 77.9 Å². The highest BCUT2D eigenvalue weighted by molar-refractivity contribution is 7.93. The lowest BCUT2D eigenvalue weighted by molar-refractivity contribution is 0.0938. The third kappa shape index (κ3) is 5.46. The molecule has 0 fully saturated rings. The number of nitrogens with zero attached hydrogens (tertiary/aromatic N) is 2. The van der Waals surface area contributed by atoms with Gasteiger partial charge in [-0.05, 0) is 37.5 Å². The van der Waals surface area contributed by atoms with E-state index in [9.17, 15) is 9.35 Å². The molecule has 108 valence electrons. The quantitative estimate of drug-likeness (QED) is 0.591. The number of rotatable bonds is 8. The number of hydrogen-bond donors (Lipinski definition) is 1. The second-order valence-electron chi connectivity index (χ2n) is 4.41. The first-order valence-electron chi connectivity index (χ1n) is 6.61. The zero-order chi connectivity index (χ0) is 14.3. The van der Waals surface area contributed by atoms with Crippen LogP contribution in [0, 0.1) is 0 Å². The normalized spacial score (nSPS) is 14.1. The molecule has 0 radical (unpaired) electrons. The summed E-state index contributed by atoms with van der Waals surface area (Å²) < 4.78 is 12.4. The molecule has 1 N–H and O–H groups in total. The van der Waals surface area contributed by atoms with Crippen LogP contribution in [-0.2, 0) is 11.2 Å². The highest BCUT2D eigenvalue weighted by Crippen LogP contribution is 2.18. The highest BCUT2D eigenvalue weighted by atomic mass is 32.2. The van der Waals surface area contributed by atoms with Crippen molar-refractivity contribution in [1.82, 2.24) is 15.5 Å². The largest absolute Gasteiger partial charge is 0.610 e. The summed E-state index contributed by atoms with van der Waals surface area (Å²) in [6, 6.07) is 0.106. The first-order valence-corrected chi connectivity index (χ1v) is 8.74. The second kappa shape index (κ2) is 8.50. The fourth-order valence-electron chi connectivity index (χ4n) is 1.35. The van der Waals surface area contributed by atoms with Crippen LogP contribution in [0.3, 0.4) is 0 Å². The van der Waals surface area contributed by atoms with Crippen molar-refractivity contribution in [3.8, 4) is 0 Å². The maximum Gasteiger partial charge on any atom is 0.322 e. The van der Waals surface area contributed by atoms with Gasteiger partial charge < -0.3 is 9.87 Å². The van der Waals surface area contributed by atoms with Crippen molar-refractivity contribution >= 4 is 28.4 Å². The van der Waals surface area contributed by atoms with Gasteiger partial charge in [0.2, 0.25) is 5.01 Å². The Morgan fingerprint density at radius 3 is 2.79 bits per heavy atom. The van der Waals surface area contributed by atoms with Crippen LogP contribution in [0.5, 0.6) is 0 Å². The van der Waals surface area contributed by atoms with E-state index in [1.165, 1.54) is 0 Å². The van der Waals surface area contributed by atoms with Crippen molar-refractivity contribution in [1.29, 1.82) is 0 Å². The Kier molecular flexibility index (Phi) is 7.33. The summed E-state index contributed by atoms with van der Waals surface area (Å²) in [5.41, 5.74) is 0. The number of unbranched alkanes of at least 4 members (excludes halogenated alkanes) is 2. The lowest BCUT2D eigenvalue weighted by Crippen LogP contribution is -2.31. The number of hydrogen-bond acceptors (Lipinski definition) is 5. The Morgan fingerprint density at radius 1 is 1.42 bits per heavy atom. The fraction of sp³-hybridized carbons (Fsp3) is 0.750. The number of amides is 1. The van der Waals surface area contributed by atoms with E-state index in [1.807, 2.05) is 13.8 Å². The molecule has 5 nitrogen and oxygen atoms in total. The van der Waals surface area contributed by atoms with Crippen LogP contribution in [-0.4, -0.2) is 32.5 Å². The zero-order valence-electron chi connectivity index (χ0n) is 11.6. The van der Waals surface area contributed by atoms with Crippen LogP contribution < -0.4 is 5.32 Å². The molecule has 0 spiro atoms. The average Bonchev–Trinajstić information content (AvgIpc) is 2.88. The number of aromatic nitrogens is 2. The molecule has 0 saturated heterocycles. The SMILES string of the molecule is CCCCC[S+]([O-])c1nnc(C(=O)NC(C)CC)s1. The maximum absolute atomic E-state index is 11.9. The highest BCUT2D eigenvalue weighted by Gasteiger charge is 2.21. The zero-order valence-corrected chi connectivity index (χ0v) is 13.3. The van der Waals surface area contributed by atoms with Crippen LogP contribution in [0.25, 0.3) is 0 Å². The lowest BCUT2D eigenvalue weighted by atomic mass is 10.2. The first kappa shape index (κ1) is 16.4. The van der Waals surface area contributed by atoms with Gasteiger partial charge in [0.15, 0.2) is 0 Å². The summed E-state index contributed by atoms with van der Waals surface area (Å²) in [5.74, 6) is 0.360. The van der Waals surface area contributed by atoms with Gasteiger partial charge in [-0.3, -0.25) is 4.79 Å². The number of carbonyl (C=O) groups is 1. The fourth-order valence-corrected chi connectivity index (χ4v) is 3.46. The Hall–Kier alpha value is -0.660. The molecule has 0 aliphatic carbocycles.